The van der Waals surface area contributed by atoms with Gasteiger partial charge in [-0.2, -0.15) is 0 Å². The van der Waals surface area contributed by atoms with Crippen molar-refractivity contribution in [2.24, 2.45) is 5.92 Å². The van der Waals surface area contributed by atoms with E-state index >= 15 is 0 Å². The van der Waals surface area contributed by atoms with Crippen molar-refractivity contribution in [3.63, 3.8) is 0 Å². The number of halogens is 1. The molecule has 2 rings (SSSR count). The standard InChI is InChI=1S/C17H24FNO2S/c1-13(17(20)19-11-14-5-3-2-4-6-14)22(21)12-15-7-9-16(18)10-8-15/h7-10,13-14H,2-6,11-12H2,1H3,(H,19,20)/t13-,22-/m0/s1. The number of amides is 1. The number of carbonyl (C=O) groups excluding carboxylic acids is 1. The fraction of sp³-hybridized carbons (Fsp3) is 0.588. The van der Waals surface area contributed by atoms with Crippen LogP contribution in [0.2, 0.25) is 0 Å². The highest BCUT2D eigenvalue weighted by molar-refractivity contribution is 7.85. The molecule has 0 spiro atoms. The van der Waals surface area contributed by atoms with E-state index < -0.39 is 16.0 Å². The Labute approximate surface area is 134 Å². The molecule has 1 amide bonds. The lowest BCUT2D eigenvalue weighted by atomic mass is 9.89. The summed E-state index contributed by atoms with van der Waals surface area (Å²) < 4.78 is 25.1. The molecule has 0 heterocycles. The molecular weight excluding hydrogens is 301 g/mol. The molecule has 1 aromatic carbocycles. The van der Waals surface area contributed by atoms with E-state index in [2.05, 4.69) is 5.32 Å². The molecule has 0 bridgehead atoms. The Kier molecular flexibility index (Phi) is 6.55. The minimum Gasteiger partial charge on any atom is -0.355 e. The van der Waals surface area contributed by atoms with Gasteiger partial charge in [-0.05, 0) is 43.4 Å². The van der Waals surface area contributed by atoms with Gasteiger partial charge in [0.25, 0.3) is 0 Å². The maximum absolute atomic E-state index is 12.8. The van der Waals surface area contributed by atoms with Crippen LogP contribution < -0.4 is 5.32 Å². The van der Waals surface area contributed by atoms with Crippen molar-refractivity contribution in [2.45, 2.75) is 50.0 Å². The fourth-order valence-corrected chi connectivity index (χ4v) is 3.86. The van der Waals surface area contributed by atoms with Crippen LogP contribution in [-0.2, 0) is 21.3 Å². The number of benzene rings is 1. The molecule has 1 aromatic rings. The van der Waals surface area contributed by atoms with Gasteiger partial charge in [-0.15, -0.1) is 0 Å². The molecule has 0 aliphatic heterocycles. The van der Waals surface area contributed by atoms with Crippen molar-refractivity contribution in [3.05, 3.63) is 35.6 Å². The molecule has 1 aliphatic rings. The van der Waals surface area contributed by atoms with Crippen LogP contribution in [0, 0.1) is 11.7 Å². The summed E-state index contributed by atoms with van der Waals surface area (Å²) in [7, 11) is -1.29. The van der Waals surface area contributed by atoms with Crippen LogP contribution in [0.25, 0.3) is 0 Å². The van der Waals surface area contributed by atoms with E-state index in [1.165, 1.54) is 44.2 Å². The predicted octanol–water partition coefficient (Wildman–Crippen LogP) is 3.16. The van der Waals surface area contributed by atoms with E-state index in [1.54, 1.807) is 19.1 Å². The van der Waals surface area contributed by atoms with Gasteiger partial charge in [0.1, 0.15) is 11.1 Å². The Morgan fingerprint density at radius 3 is 2.55 bits per heavy atom. The molecule has 0 unspecified atom stereocenters. The van der Waals surface area contributed by atoms with E-state index in [9.17, 15) is 13.4 Å². The van der Waals surface area contributed by atoms with Crippen molar-refractivity contribution in [2.75, 3.05) is 6.54 Å². The predicted molar refractivity (Wildman–Crippen MR) is 87.3 cm³/mol. The number of rotatable bonds is 6. The third kappa shape index (κ3) is 5.20. The van der Waals surface area contributed by atoms with Crippen molar-refractivity contribution in [1.82, 2.24) is 5.32 Å². The highest BCUT2D eigenvalue weighted by atomic mass is 32.2. The lowest BCUT2D eigenvalue weighted by molar-refractivity contribution is -0.120. The molecule has 0 aromatic heterocycles. The quantitative estimate of drug-likeness (QED) is 0.873. The summed E-state index contributed by atoms with van der Waals surface area (Å²) in [5, 5.41) is 2.39. The summed E-state index contributed by atoms with van der Waals surface area (Å²) in [6.07, 6.45) is 6.13. The molecule has 22 heavy (non-hydrogen) atoms. The van der Waals surface area contributed by atoms with Crippen molar-refractivity contribution < 1.29 is 13.4 Å². The van der Waals surface area contributed by atoms with Crippen LogP contribution in [0.4, 0.5) is 4.39 Å². The van der Waals surface area contributed by atoms with Crippen LogP contribution in [-0.4, -0.2) is 21.9 Å². The van der Waals surface area contributed by atoms with E-state index in [1.807, 2.05) is 0 Å². The zero-order valence-corrected chi connectivity index (χ0v) is 13.8. The van der Waals surface area contributed by atoms with Gasteiger partial charge in [-0.25, -0.2) is 4.39 Å². The third-order valence-electron chi connectivity index (χ3n) is 4.28. The SMILES string of the molecule is C[C@@H](C(=O)NCC1CCCCC1)[S@@](=O)Cc1ccc(F)cc1. The average Bonchev–Trinajstić information content (AvgIpc) is 2.55. The molecule has 1 saturated carbocycles. The molecule has 1 fully saturated rings. The van der Waals surface area contributed by atoms with Crippen LogP contribution >= 0.6 is 0 Å². The largest absolute Gasteiger partial charge is 0.355 e. The van der Waals surface area contributed by atoms with Crippen LogP contribution in [0.1, 0.15) is 44.6 Å². The van der Waals surface area contributed by atoms with Crippen molar-refractivity contribution in [1.29, 1.82) is 0 Å². The maximum atomic E-state index is 12.8. The lowest BCUT2D eigenvalue weighted by Crippen LogP contribution is -2.38. The van der Waals surface area contributed by atoms with Gasteiger partial charge in [-0.3, -0.25) is 9.00 Å². The van der Waals surface area contributed by atoms with Crippen molar-refractivity contribution in [3.8, 4) is 0 Å². The molecule has 5 heteroatoms. The minimum atomic E-state index is -1.29. The Hall–Kier alpha value is -1.23. The zero-order valence-electron chi connectivity index (χ0n) is 13.0. The molecule has 1 N–H and O–H groups in total. The molecule has 0 saturated heterocycles. The van der Waals surface area contributed by atoms with E-state index in [0.717, 1.165) is 5.56 Å². The first-order chi connectivity index (χ1) is 10.6. The zero-order chi connectivity index (χ0) is 15.9. The van der Waals surface area contributed by atoms with E-state index in [4.69, 9.17) is 0 Å². The van der Waals surface area contributed by atoms with Crippen molar-refractivity contribution >= 4 is 16.7 Å². The molecule has 2 atom stereocenters. The summed E-state index contributed by atoms with van der Waals surface area (Å²) in [6, 6.07) is 5.92. The second-order valence-corrected chi connectivity index (χ2v) is 7.80. The smallest absolute Gasteiger partial charge is 0.235 e. The summed E-state index contributed by atoms with van der Waals surface area (Å²) in [4.78, 5) is 12.1. The minimum absolute atomic E-state index is 0.147. The summed E-state index contributed by atoms with van der Waals surface area (Å²) in [5.41, 5.74) is 0.784. The van der Waals surface area contributed by atoms with Gasteiger partial charge in [0.05, 0.1) is 0 Å². The van der Waals surface area contributed by atoms with E-state index in [-0.39, 0.29) is 17.5 Å². The first-order valence-corrected chi connectivity index (χ1v) is 9.34. The Bertz CT molecular complexity index is 512. The maximum Gasteiger partial charge on any atom is 0.235 e. The highest BCUT2D eigenvalue weighted by Crippen LogP contribution is 2.22. The first-order valence-electron chi connectivity index (χ1n) is 7.95. The Balaban J connectivity index is 1.78. The fourth-order valence-electron chi connectivity index (χ4n) is 2.77. The average molecular weight is 325 g/mol. The summed E-state index contributed by atoms with van der Waals surface area (Å²) in [5.74, 6) is 0.382. The second kappa shape index (κ2) is 8.42. The van der Waals surface area contributed by atoms with Crippen LogP contribution in [0.15, 0.2) is 24.3 Å². The number of hydrogen-bond acceptors (Lipinski definition) is 2. The first kappa shape index (κ1) is 17.1. The molecule has 0 radical (unpaired) electrons. The van der Waals surface area contributed by atoms with Gasteiger partial charge in [0.2, 0.25) is 5.91 Å². The summed E-state index contributed by atoms with van der Waals surface area (Å²) in [6.45, 7) is 2.38. The highest BCUT2D eigenvalue weighted by Gasteiger charge is 2.21. The van der Waals surface area contributed by atoms with Gasteiger partial charge in [0, 0.05) is 23.1 Å². The topological polar surface area (TPSA) is 46.2 Å². The normalized spacial score (nSPS) is 18.6. The second-order valence-electron chi connectivity index (χ2n) is 6.04. The summed E-state index contributed by atoms with van der Waals surface area (Å²) >= 11 is 0. The van der Waals surface area contributed by atoms with Gasteiger partial charge >= 0.3 is 0 Å². The molecule has 3 nitrogen and oxygen atoms in total. The molecule has 122 valence electrons. The van der Waals surface area contributed by atoms with Gasteiger partial charge in [0.15, 0.2) is 0 Å². The molecular formula is C17H24FNO2S. The number of carbonyl (C=O) groups is 1. The lowest BCUT2D eigenvalue weighted by Gasteiger charge is -2.22. The Morgan fingerprint density at radius 2 is 1.91 bits per heavy atom. The Morgan fingerprint density at radius 1 is 1.27 bits per heavy atom. The molecule has 1 aliphatic carbocycles. The third-order valence-corrected chi connectivity index (χ3v) is 5.90. The van der Waals surface area contributed by atoms with Gasteiger partial charge in [-0.1, -0.05) is 31.4 Å². The monoisotopic (exact) mass is 325 g/mol. The van der Waals surface area contributed by atoms with E-state index in [0.29, 0.717) is 12.5 Å². The number of hydrogen-bond donors (Lipinski definition) is 1. The van der Waals surface area contributed by atoms with Gasteiger partial charge < -0.3 is 5.32 Å². The number of nitrogens with one attached hydrogen (secondary N) is 1. The van der Waals surface area contributed by atoms with Crippen LogP contribution in [0.3, 0.4) is 0 Å². The van der Waals surface area contributed by atoms with Crippen LogP contribution in [0.5, 0.6) is 0 Å².